The summed E-state index contributed by atoms with van der Waals surface area (Å²) < 4.78 is 0. The van der Waals surface area contributed by atoms with Gasteiger partial charge in [0.15, 0.2) is 0 Å². The van der Waals surface area contributed by atoms with E-state index in [1.165, 1.54) is 4.90 Å². The van der Waals surface area contributed by atoms with Crippen molar-refractivity contribution in [2.24, 2.45) is 17.2 Å². The molecule has 0 aliphatic heterocycles. The third-order valence-corrected chi connectivity index (χ3v) is 6.14. The van der Waals surface area contributed by atoms with Gasteiger partial charge in [-0.15, -0.1) is 0 Å². The molecular weight excluding hydrogens is 503 g/mol. The lowest BCUT2D eigenvalue weighted by atomic mass is 10.0. The second-order valence-corrected chi connectivity index (χ2v) is 9.15. The molecule has 0 aromatic heterocycles. The van der Waals surface area contributed by atoms with Crippen molar-refractivity contribution in [2.45, 2.75) is 37.9 Å². The second-order valence-electron chi connectivity index (χ2n) is 8.31. The second kappa shape index (κ2) is 15.4. The first kappa shape index (κ1) is 29.5. The van der Waals surface area contributed by atoms with Crippen molar-refractivity contribution in [1.82, 2.24) is 15.5 Å². The molecule has 2 rings (SSSR count). The molecule has 2 atom stereocenters. The maximum absolute atomic E-state index is 13.0. The summed E-state index contributed by atoms with van der Waals surface area (Å²) in [6.45, 7) is 1.31. The number of hydrogen-bond donors (Lipinski definition) is 5. The van der Waals surface area contributed by atoms with E-state index in [-0.39, 0.29) is 32.0 Å². The molecule has 0 saturated heterocycles. The van der Waals surface area contributed by atoms with Crippen LogP contribution in [0.1, 0.15) is 24.0 Å². The molecule has 0 saturated carbocycles. The lowest BCUT2D eigenvalue weighted by molar-refractivity contribution is -0.135. The molecule has 3 amide bonds. The van der Waals surface area contributed by atoms with Crippen molar-refractivity contribution < 1.29 is 14.4 Å². The normalized spacial score (nSPS) is 12.5. The van der Waals surface area contributed by atoms with Crippen LogP contribution in [0.25, 0.3) is 0 Å². The van der Waals surface area contributed by atoms with Crippen LogP contribution in [0.5, 0.6) is 0 Å². The van der Waals surface area contributed by atoms with Crippen LogP contribution in [0, 0.1) is 0 Å². The first-order valence-electron chi connectivity index (χ1n) is 11.7. The van der Waals surface area contributed by atoms with Gasteiger partial charge in [-0.1, -0.05) is 53.5 Å². The molecule has 2 aromatic carbocycles. The zero-order valence-corrected chi connectivity index (χ0v) is 21.6. The Kier molecular flexibility index (Phi) is 12.7. The molecule has 0 heterocycles. The van der Waals surface area contributed by atoms with Gasteiger partial charge in [0.2, 0.25) is 17.7 Å². The van der Waals surface area contributed by atoms with Crippen LogP contribution >= 0.6 is 23.2 Å². The maximum atomic E-state index is 13.0. The van der Waals surface area contributed by atoms with Crippen molar-refractivity contribution in [1.29, 1.82) is 0 Å². The molecule has 0 spiro atoms. The number of carbonyl (C=O) groups excluding carboxylic acids is 3. The van der Waals surface area contributed by atoms with Gasteiger partial charge in [0, 0.05) is 42.8 Å². The number of benzene rings is 2. The molecule has 11 heteroatoms. The van der Waals surface area contributed by atoms with Gasteiger partial charge in [0.05, 0.1) is 12.5 Å². The minimum atomic E-state index is -1.13. The molecule has 196 valence electrons. The summed E-state index contributed by atoms with van der Waals surface area (Å²) in [5, 5.41) is 6.46. The highest BCUT2D eigenvalue weighted by Gasteiger charge is 2.26. The number of halogens is 2. The predicted molar refractivity (Wildman–Crippen MR) is 142 cm³/mol. The van der Waals surface area contributed by atoms with Crippen molar-refractivity contribution in [3.8, 4) is 0 Å². The van der Waals surface area contributed by atoms with Gasteiger partial charge in [0.25, 0.3) is 0 Å². The minimum absolute atomic E-state index is 0.133. The average Bonchev–Trinajstić information content (AvgIpc) is 2.87. The van der Waals surface area contributed by atoms with Crippen molar-refractivity contribution in [3.63, 3.8) is 0 Å². The fourth-order valence-corrected chi connectivity index (χ4v) is 3.95. The summed E-state index contributed by atoms with van der Waals surface area (Å²) in [6, 6.07) is 12.5. The highest BCUT2D eigenvalue weighted by Crippen LogP contribution is 2.20. The number of nitrogens with two attached hydrogens (primary N) is 3. The van der Waals surface area contributed by atoms with E-state index >= 15 is 0 Å². The van der Waals surface area contributed by atoms with Crippen molar-refractivity contribution in [3.05, 3.63) is 69.7 Å². The molecule has 9 nitrogen and oxygen atoms in total. The Morgan fingerprint density at radius 2 is 1.61 bits per heavy atom. The van der Waals surface area contributed by atoms with Crippen LogP contribution in [0.3, 0.4) is 0 Å². The van der Waals surface area contributed by atoms with E-state index < -0.39 is 23.9 Å². The van der Waals surface area contributed by atoms with Crippen molar-refractivity contribution in [2.75, 3.05) is 26.2 Å². The standard InChI is InChI=1S/C25H34Cl2N6O3/c26-19-7-8-20(27)18(14-19)16-31-25(36)22(9-6-17-4-2-1-3-5-17)32-24(35)21(30)15-23(34)33(12-10-28)13-11-29/h1-5,7-8,14,21-22H,6,9-13,15-16,28-30H2,(H,31,36)(H,32,35). The Morgan fingerprint density at radius 3 is 2.25 bits per heavy atom. The molecule has 8 N–H and O–H groups in total. The summed E-state index contributed by atoms with van der Waals surface area (Å²) in [7, 11) is 0. The van der Waals surface area contributed by atoms with Gasteiger partial charge in [-0.2, -0.15) is 0 Å². The third kappa shape index (κ3) is 9.75. The smallest absolute Gasteiger partial charge is 0.242 e. The van der Waals surface area contributed by atoms with Gasteiger partial charge in [-0.3, -0.25) is 14.4 Å². The highest BCUT2D eigenvalue weighted by molar-refractivity contribution is 6.33. The average molecular weight is 537 g/mol. The van der Waals surface area contributed by atoms with E-state index in [9.17, 15) is 14.4 Å². The minimum Gasteiger partial charge on any atom is -0.350 e. The number of aryl methyl sites for hydroxylation is 1. The maximum Gasteiger partial charge on any atom is 0.242 e. The van der Waals surface area contributed by atoms with E-state index in [0.29, 0.717) is 41.5 Å². The van der Waals surface area contributed by atoms with E-state index in [1.54, 1.807) is 18.2 Å². The monoisotopic (exact) mass is 536 g/mol. The molecule has 36 heavy (non-hydrogen) atoms. The number of carbonyl (C=O) groups is 3. The molecule has 0 bridgehead atoms. The first-order chi connectivity index (χ1) is 17.2. The van der Waals surface area contributed by atoms with Crippen LogP contribution in [0.2, 0.25) is 10.0 Å². The summed E-state index contributed by atoms with van der Waals surface area (Å²) in [4.78, 5) is 39.9. The Bertz CT molecular complexity index is 1000. The van der Waals surface area contributed by atoms with E-state index in [1.807, 2.05) is 30.3 Å². The summed E-state index contributed by atoms with van der Waals surface area (Å²) in [6.07, 6.45) is 0.654. The van der Waals surface area contributed by atoms with Crippen molar-refractivity contribution >= 4 is 40.9 Å². The zero-order valence-electron chi connectivity index (χ0n) is 20.1. The summed E-state index contributed by atoms with van der Waals surface area (Å²) in [5.41, 5.74) is 18.8. The summed E-state index contributed by atoms with van der Waals surface area (Å²) >= 11 is 12.2. The Balaban J connectivity index is 2.06. The van der Waals surface area contributed by atoms with Crippen LogP contribution in [-0.2, 0) is 27.3 Å². The van der Waals surface area contributed by atoms with Gasteiger partial charge in [0.1, 0.15) is 6.04 Å². The predicted octanol–water partition coefficient (Wildman–Crippen LogP) is 1.19. The van der Waals surface area contributed by atoms with Gasteiger partial charge >= 0.3 is 0 Å². The van der Waals surface area contributed by atoms with E-state index in [4.69, 9.17) is 40.4 Å². The fraction of sp³-hybridized carbons (Fsp3) is 0.400. The topological polar surface area (TPSA) is 157 Å². The number of amides is 3. The zero-order chi connectivity index (χ0) is 26.5. The van der Waals surface area contributed by atoms with E-state index in [2.05, 4.69) is 10.6 Å². The molecular formula is C25H34Cl2N6O3. The lowest BCUT2D eigenvalue weighted by Gasteiger charge is -2.24. The van der Waals surface area contributed by atoms with Gasteiger partial charge < -0.3 is 32.7 Å². The fourth-order valence-electron chi connectivity index (χ4n) is 3.57. The molecule has 0 aliphatic carbocycles. The van der Waals surface area contributed by atoms with Gasteiger partial charge in [-0.05, 0) is 42.2 Å². The Morgan fingerprint density at radius 1 is 0.944 bits per heavy atom. The van der Waals surface area contributed by atoms with Crippen LogP contribution in [-0.4, -0.2) is 60.9 Å². The number of nitrogens with one attached hydrogen (secondary N) is 2. The largest absolute Gasteiger partial charge is 0.350 e. The third-order valence-electron chi connectivity index (χ3n) is 5.54. The Labute approximate surface area is 221 Å². The lowest BCUT2D eigenvalue weighted by Crippen LogP contribution is -2.53. The molecule has 2 aromatic rings. The van der Waals surface area contributed by atoms with Gasteiger partial charge in [-0.25, -0.2) is 0 Å². The first-order valence-corrected chi connectivity index (χ1v) is 12.5. The molecule has 0 aliphatic rings. The van der Waals surface area contributed by atoms with E-state index in [0.717, 1.165) is 5.56 Å². The quantitative estimate of drug-likeness (QED) is 0.244. The molecule has 0 fully saturated rings. The SMILES string of the molecule is NCCN(CCN)C(=O)CC(N)C(=O)NC(CCc1ccccc1)C(=O)NCc1cc(Cl)ccc1Cl. The number of hydrogen-bond acceptors (Lipinski definition) is 6. The highest BCUT2D eigenvalue weighted by atomic mass is 35.5. The Hall–Kier alpha value is -2.69. The van der Waals surface area contributed by atoms with Crippen LogP contribution < -0.4 is 27.8 Å². The van der Waals surface area contributed by atoms with Crippen LogP contribution in [0.15, 0.2) is 48.5 Å². The summed E-state index contributed by atoms with van der Waals surface area (Å²) in [5.74, 6) is -1.33. The molecule has 0 radical (unpaired) electrons. The molecule has 2 unspecified atom stereocenters. The van der Waals surface area contributed by atoms with Crippen LogP contribution in [0.4, 0.5) is 0 Å². The number of nitrogens with zero attached hydrogens (tertiary/aromatic N) is 1. The number of rotatable bonds is 14.